The summed E-state index contributed by atoms with van der Waals surface area (Å²) in [6, 6.07) is 9.20. The first kappa shape index (κ1) is 10.7. The third-order valence-electron chi connectivity index (χ3n) is 3.42. The molecule has 1 aliphatic rings. The molecule has 0 aliphatic heterocycles. The first-order valence-electron chi connectivity index (χ1n) is 6.13. The molecule has 0 heterocycles. The zero-order valence-corrected chi connectivity index (χ0v) is 9.63. The lowest BCUT2D eigenvalue weighted by molar-refractivity contribution is 0.419. The highest BCUT2D eigenvalue weighted by Gasteiger charge is 2.19. The lowest BCUT2D eigenvalue weighted by Crippen LogP contribution is -2.10. The highest BCUT2D eigenvalue weighted by molar-refractivity contribution is 5.27. The number of benzene rings is 1. The van der Waals surface area contributed by atoms with Crippen LogP contribution in [-0.4, -0.2) is 13.6 Å². The second kappa shape index (κ2) is 5.32. The summed E-state index contributed by atoms with van der Waals surface area (Å²) >= 11 is 0. The van der Waals surface area contributed by atoms with Gasteiger partial charge in [-0.3, -0.25) is 0 Å². The van der Waals surface area contributed by atoms with Crippen LogP contribution in [-0.2, 0) is 6.42 Å². The average molecular weight is 203 g/mol. The molecule has 0 bridgehead atoms. The molecule has 0 unspecified atom stereocenters. The van der Waals surface area contributed by atoms with Gasteiger partial charge in [-0.15, -0.1) is 0 Å². The minimum Gasteiger partial charge on any atom is -0.320 e. The van der Waals surface area contributed by atoms with Gasteiger partial charge in [-0.25, -0.2) is 0 Å². The molecule has 1 aromatic rings. The van der Waals surface area contributed by atoms with Gasteiger partial charge >= 0.3 is 0 Å². The SMILES string of the molecule is CNCCCc1cccc(C2CCC2)c1. The van der Waals surface area contributed by atoms with Gasteiger partial charge in [0.1, 0.15) is 0 Å². The second-order valence-electron chi connectivity index (χ2n) is 4.58. The van der Waals surface area contributed by atoms with Crippen LogP contribution in [0.15, 0.2) is 24.3 Å². The topological polar surface area (TPSA) is 12.0 Å². The molecule has 1 heteroatoms. The summed E-state index contributed by atoms with van der Waals surface area (Å²) in [4.78, 5) is 0. The fourth-order valence-corrected chi connectivity index (χ4v) is 2.21. The summed E-state index contributed by atoms with van der Waals surface area (Å²) in [6.07, 6.45) is 6.68. The fraction of sp³-hybridized carbons (Fsp3) is 0.571. The Labute approximate surface area is 92.9 Å². The van der Waals surface area contributed by atoms with Crippen LogP contribution < -0.4 is 5.32 Å². The van der Waals surface area contributed by atoms with Crippen molar-refractivity contribution >= 4 is 0 Å². The monoisotopic (exact) mass is 203 g/mol. The van der Waals surface area contributed by atoms with E-state index in [4.69, 9.17) is 0 Å². The van der Waals surface area contributed by atoms with Gasteiger partial charge in [0.15, 0.2) is 0 Å². The van der Waals surface area contributed by atoms with Crippen LogP contribution in [0.5, 0.6) is 0 Å². The molecule has 1 saturated carbocycles. The predicted octanol–water partition coefficient (Wildman–Crippen LogP) is 3.11. The van der Waals surface area contributed by atoms with Gasteiger partial charge in [0.05, 0.1) is 0 Å². The summed E-state index contributed by atoms with van der Waals surface area (Å²) in [7, 11) is 2.02. The molecular weight excluding hydrogens is 182 g/mol. The standard InChI is InChI=1S/C14H21N/c1-15-10-4-6-12-5-2-9-14(11-12)13-7-3-8-13/h2,5,9,11,13,15H,3-4,6-8,10H2,1H3. The first-order valence-corrected chi connectivity index (χ1v) is 6.13. The van der Waals surface area contributed by atoms with Crippen molar-refractivity contribution in [3.63, 3.8) is 0 Å². The summed E-state index contributed by atoms with van der Waals surface area (Å²) in [6.45, 7) is 1.12. The van der Waals surface area contributed by atoms with Gasteiger partial charge < -0.3 is 5.32 Å². The van der Waals surface area contributed by atoms with Crippen molar-refractivity contribution in [2.24, 2.45) is 0 Å². The van der Waals surface area contributed by atoms with E-state index in [1.807, 2.05) is 7.05 Å². The summed E-state index contributed by atoms with van der Waals surface area (Å²) in [5, 5.41) is 3.20. The third-order valence-corrected chi connectivity index (χ3v) is 3.42. The largest absolute Gasteiger partial charge is 0.320 e. The lowest BCUT2D eigenvalue weighted by Gasteiger charge is -2.26. The van der Waals surface area contributed by atoms with Crippen molar-refractivity contribution in [1.82, 2.24) is 5.32 Å². The smallest absolute Gasteiger partial charge is 0.00488 e. The van der Waals surface area contributed by atoms with Gasteiger partial charge in [-0.1, -0.05) is 30.7 Å². The minimum atomic E-state index is 0.870. The molecule has 1 nitrogen and oxygen atoms in total. The molecule has 82 valence electrons. The molecule has 1 aliphatic carbocycles. The molecule has 1 aromatic carbocycles. The van der Waals surface area contributed by atoms with Gasteiger partial charge in [0.25, 0.3) is 0 Å². The van der Waals surface area contributed by atoms with Crippen LogP contribution in [0.4, 0.5) is 0 Å². The van der Waals surface area contributed by atoms with Gasteiger partial charge in [0, 0.05) is 0 Å². The third kappa shape index (κ3) is 2.82. The van der Waals surface area contributed by atoms with E-state index in [0.29, 0.717) is 0 Å². The lowest BCUT2D eigenvalue weighted by atomic mass is 9.79. The quantitative estimate of drug-likeness (QED) is 0.725. The Hall–Kier alpha value is -0.820. The molecule has 0 saturated heterocycles. The first-order chi connectivity index (χ1) is 7.40. The molecule has 15 heavy (non-hydrogen) atoms. The van der Waals surface area contributed by atoms with E-state index in [9.17, 15) is 0 Å². The zero-order valence-electron chi connectivity index (χ0n) is 9.63. The number of rotatable bonds is 5. The Morgan fingerprint density at radius 1 is 1.33 bits per heavy atom. The van der Waals surface area contributed by atoms with Crippen LogP contribution in [0.25, 0.3) is 0 Å². The normalized spacial score (nSPS) is 16.3. The maximum atomic E-state index is 3.20. The van der Waals surface area contributed by atoms with Crippen molar-refractivity contribution in [3.05, 3.63) is 35.4 Å². The van der Waals surface area contributed by atoms with Gasteiger partial charge in [-0.2, -0.15) is 0 Å². The Morgan fingerprint density at radius 2 is 2.20 bits per heavy atom. The van der Waals surface area contributed by atoms with Crippen molar-refractivity contribution in [2.75, 3.05) is 13.6 Å². The van der Waals surface area contributed by atoms with E-state index >= 15 is 0 Å². The van der Waals surface area contributed by atoms with Gasteiger partial charge in [0.2, 0.25) is 0 Å². The minimum absolute atomic E-state index is 0.870. The van der Waals surface area contributed by atoms with Gasteiger partial charge in [-0.05, 0) is 56.3 Å². The molecule has 0 atom stereocenters. The van der Waals surface area contributed by atoms with Crippen LogP contribution in [0, 0.1) is 0 Å². The molecular formula is C14H21N. The number of nitrogens with one attached hydrogen (secondary N) is 1. The Morgan fingerprint density at radius 3 is 2.87 bits per heavy atom. The van der Waals surface area contributed by atoms with E-state index in [-0.39, 0.29) is 0 Å². The Bertz CT molecular complexity index is 302. The molecule has 1 fully saturated rings. The number of aryl methyl sites for hydroxylation is 1. The van der Waals surface area contributed by atoms with Crippen LogP contribution in [0.2, 0.25) is 0 Å². The Kier molecular flexibility index (Phi) is 3.79. The van der Waals surface area contributed by atoms with Crippen molar-refractivity contribution in [1.29, 1.82) is 0 Å². The van der Waals surface area contributed by atoms with Crippen LogP contribution in [0.1, 0.15) is 42.7 Å². The van der Waals surface area contributed by atoms with E-state index < -0.39 is 0 Å². The van der Waals surface area contributed by atoms with E-state index in [1.54, 1.807) is 5.56 Å². The molecule has 0 aromatic heterocycles. The molecule has 0 amide bonds. The fourth-order valence-electron chi connectivity index (χ4n) is 2.21. The van der Waals surface area contributed by atoms with Crippen LogP contribution >= 0.6 is 0 Å². The molecule has 1 N–H and O–H groups in total. The van der Waals surface area contributed by atoms with E-state index in [2.05, 4.69) is 29.6 Å². The average Bonchev–Trinajstić information content (AvgIpc) is 2.16. The molecule has 2 rings (SSSR count). The maximum absolute atomic E-state index is 3.20. The van der Waals surface area contributed by atoms with E-state index in [0.717, 1.165) is 12.5 Å². The highest BCUT2D eigenvalue weighted by Crippen LogP contribution is 2.36. The Balaban J connectivity index is 1.92. The van der Waals surface area contributed by atoms with Crippen molar-refractivity contribution < 1.29 is 0 Å². The summed E-state index contributed by atoms with van der Waals surface area (Å²) in [5.41, 5.74) is 3.08. The molecule has 0 spiro atoms. The highest BCUT2D eigenvalue weighted by atomic mass is 14.8. The van der Waals surface area contributed by atoms with Crippen molar-refractivity contribution in [3.8, 4) is 0 Å². The summed E-state index contributed by atoms with van der Waals surface area (Å²) < 4.78 is 0. The van der Waals surface area contributed by atoms with E-state index in [1.165, 1.54) is 37.7 Å². The maximum Gasteiger partial charge on any atom is -0.00488 e. The van der Waals surface area contributed by atoms with Crippen LogP contribution in [0.3, 0.4) is 0 Å². The second-order valence-corrected chi connectivity index (χ2v) is 4.58. The molecule has 0 radical (unpaired) electrons. The number of hydrogen-bond donors (Lipinski definition) is 1. The zero-order chi connectivity index (χ0) is 10.5. The summed E-state index contributed by atoms with van der Waals surface area (Å²) in [5.74, 6) is 0.870. The number of hydrogen-bond acceptors (Lipinski definition) is 1. The van der Waals surface area contributed by atoms with Crippen molar-refractivity contribution in [2.45, 2.75) is 38.0 Å². The predicted molar refractivity (Wildman–Crippen MR) is 65.3 cm³/mol.